The molecule has 0 saturated heterocycles. The van der Waals surface area contributed by atoms with Gasteiger partial charge in [-0.2, -0.15) is 0 Å². The van der Waals surface area contributed by atoms with Crippen molar-refractivity contribution in [3.8, 4) is 0 Å². The van der Waals surface area contributed by atoms with Crippen LogP contribution in [0.2, 0.25) is 0 Å². The third-order valence-corrected chi connectivity index (χ3v) is 10.4. The van der Waals surface area contributed by atoms with Crippen LogP contribution in [0.15, 0.2) is 42.9 Å². The SMILES string of the molecule is CCCC(NC(=O)C1Cc2cn(cn2)CCCCCCCC(=O)NC(C2CCCCC2)C(=O)N1)C(O)C(=O)NCC(=O)NC(C(=O)OC(C)(C)C)c1ccccc1. The maximum Gasteiger partial charge on any atom is 0.333 e. The molecule has 1 aromatic heterocycles. The fourth-order valence-corrected chi connectivity index (χ4v) is 7.39. The lowest BCUT2D eigenvalue weighted by atomic mass is 9.83. The number of nitrogens with one attached hydrogen (secondary N) is 5. The van der Waals surface area contributed by atoms with Crippen LogP contribution in [0.5, 0.6) is 0 Å². The van der Waals surface area contributed by atoms with E-state index >= 15 is 0 Å². The number of esters is 1. The summed E-state index contributed by atoms with van der Waals surface area (Å²) >= 11 is 0. The van der Waals surface area contributed by atoms with Gasteiger partial charge in [-0.15, -0.1) is 0 Å². The smallest absolute Gasteiger partial charge is 0.333 e. The second-order valence-corrected chi connectivity index (χ2v) is 16.3. The molecule has 2 aliphatic rings. The molecule has 4 rings (SSSR count). The first-order valence-corrected chi connectivity index (χ1v) is 20.7. The van der Waals surface area contributed by atoms with Crippen molar-refractivity contribution in [1.82, 2.24) is 36.1 Å². The van der Waals surface area contributed by atoms with Crippen molar-refractivity contribution in [3.05, 3.63) is 54.1 Å². The summed E-state index contributed by atoms with van der Waals surface area (Å²) in [5.74, 6) is -3.63. The number of fused-ring (bicyclic) bond motifs is 2. The molecular formula is C42H63N7O8. The van der Waals surface area contributed by atoms with Crippen molar-refractivity contribution >= 4 is 35.5 Å². The summed E-state index contributed by atoms with van der Waals surface area (Å²) in [6.45, 7) is 7.15. The van der Waals surface area contributed by atoms with Crippen LogP contribution in [0.4, 0.5) is 0 Å². The number of nitrogens with zero attached hydrogens (tertiary/aromatic N) is 2. The number of carbonyl (C=O) groups is 6. The minimum atomic E-state index is -1.75. The molecule has 15 nitrogen and oxygen atoms in total. The molecule has 0 spiro atoms. The second-order valence-electron chi connectivity index (χ2n) is 16.3. The highest BCUT2D eigenvalue weighted by molar-refractivity contribution is 5.93. The van der Waals surface area contributed by atoms with Crippen LogP contribution in [0.3, 0.4) is 0 Å². The van der Waals surface area contributed by atoms with Crippen molar-refractivity contribution in [2.75, 3.05) is 6.54 Å². The molecule has 2 aromatic rings. The molecule has 2 heterocycles. The summed E-state index contributed by atoms with van der Waals surface area (Å²) in [6.07, 6.45) is 12.0. The lowest BCUT2D eigenvalue weighted by Crippen LogP contribution is -2.59. The fourth-order valence-electron chi connectivity index (χ4n) is 7.39. The number of imidazole rings is 1. The van der Waals surface area contributed by atoms with E-state index in [4.69, 9.17) is 4.74 Å². The van der Waals surface area contributed by atoms with Crippen molar-refractivity contribution in [3.63, 3.8) is 0 Å². The summed E-state index contributed by atoms with van der Waals surface area (Å²) < 4.78 is 7.47. The summed E-state index contributed by atoms with van der Waals surface area (Å²) in [4.78, 5) is 85.1. The zero-order valence-electron chi connectivity index (χ0n) is 34.0. The number of rotatable bonds is 12. The van der Waals surface area contributed by atoms with Crippen molar-refractivity contribution < 1.29 is 38.6 Å². The maximum atomic E-state index is 14.1. The highest BCUT2D eigenvalue weighted by Crippen LogP contribution is 2.27. The van der Waals surface area contributed by atoms with Crippen LogP contribution in [-0.2, 0) is 46.5 Å². The van der Waals surface area contributed by atoms with Gasteiger partial charge in [0, 0.05) is 25.6 Å². The van der Waals surface area contributed by atoms with Crippen molar-refractivity contribution in [2.24, 2.45) is 5.92 Å². The molecule has 15 heteroatoms. The standard InChI is InChI=1S/C42H63N7O8/c1-5-17-31(37(52)40(55)43-25-34(51)48-36(29-20-13-10-14-21-29)41(56)57-42(2,3)4)45-38(53)32-24-30-26-49(27-44-30)23-16-8-6-7-15-22-33(50)47-35(39(54)46-32)28-18-11-9-12-19-28/h10,13-14,20-21,26-28,31-32,35-37,52H,5-9,11-12,15-19,22-25H2,1-4H3,(H,43,55)(H,45,53)(H,46,54)(H,47,50)(H,48,51). The van der Waals surface area contributed by atoms with Crippen LogP contribution in [0, 0.1) is 5.92 Å². The lowest BCUT2D eigenvalue weighted by Gasteiger charge is -2.32. The topological polar surface area (TPSA) is 210 Å². The average Bonchev–Trinajstić information content (AvgIpc) is 3.63. The van der Waals surface area contributed by atoms with Gasteiger partial charge in [0.1, 0.15) is 17.7 Å². The van der Waals surface area contributed by atoms with Gasteiger partial charge in [0.2, 0.25) is 23.6 Å². The number of benzene rings is 1. The van der Waals surface area contributed by atoms with Gasteiger partial charge in [-0.1, -0.05) is 82.2 Å². The highest BCUT2D eigenvalue weighted by atomic mass is 16.6. The molecule has 5 atom stereocenters. The van der Waals surface area contributed by atoms with Gasteiger partial charge in [-0.05, 0) is 64.4 Å². The summed E-state index contributed by atoms with van der Waals surface area (Å²) in [6, 6.07) is 4.39. The Bertz CT molecular complexity index is 1640. The number of aliphatic hydroxyl groups is 1. The van der Waals surface area contributed by atoms with Gasteiger partial charge < -0.3 is 41.0 Å². The summed E-state index contributed by atoms with van der Waals surface area (Å²) in [5.41, 5.74) is 0.255. The third-order valence-electron chi connectivity index (χ3n) is 10.4. The Kier molecular flexibility index (Phi) is 17.5. The van der Waals surface area contributed by atoms with E-state index in [1.807, 2.05) is 17.7 Å². The van der Waals surface area contributed by atoms with Crippen LogP contribution in [0.1, 0.15) is 128 Å². The number of ether oxygens (including phenoxy) is 1. The molecule has 1 aromatic carbocycles. The van der Waals surface area contributed by atoms with Gasteiger partial charge in [-0.3, -0.25) is 24.0 Å². The number of amides is 5. The Morgan fingerprint density at radius 3 is 2.33 bits per heavy atom. The largest absolute Gasteiger partial charge is 0.458 e. The van der Waals surface area contributed by atoms with Gasteiger partial charge >= 0.3 is 5.97 Å². The van der Waals surface area contributed by atoms with Crippen molar-refractivity contribution in [2.45, 2.75) is 160 Å². The molecule has 5 unspecified atom stereocenters. The van der Waals surface area contributed by atoms with Crippen LogP contribution < -0.4 is 26.6 Å². The number of carbonyl (C=O) groups excluding carboxylic acids is 6. The first kappa shape index (κ1) is 44.9. The molecule has 5 amide bonds. The number of aromatic nitrogens is 2. The molecule has 2 bridgehead atoms. The summed E-state index contributed by atoms with van der Waals surface area (Å²) in [7, 11) is 0. The molecule has 57 heavy (non-hydrogen) atoms. The van der Waals surface area contributed by atoms with E-state index in [0.29, 0.717) is 24.1 Å². The lowest BCUT2D eigenvalue weighted by molar-refractivity contribution is -0.158. The normalized spacial score (nSPS) is 20.7. The van der Waals surface area contributed by atoms with Gasteiger partial charge in [0.15, 0.2) is 12.1 Å². The van der Waals surface area contributed by atoms with Crippen LogP contribution >= 0.6 is 0 Å². The number of hydrogen-bond donors (Lipinski definition) is 6. The van der Waals surface area contributed by atoms with Crippen molar-refractivity contribution in [1.29, 1.82) is 0 Å². The van der Waals surface area contributed by atoms with E-state index in [1.54, 1.807) is 57.4 Å². The Morgan fingerprint density at radius 2 is 1.63 bits per heavy atom. The Hall–Kier alpha value is -4.79. The molecule has 1 fully saturated rings. The van der Waals surface area contributed by atoms with E-state index in [9.17, 15) is 33.9 Å². The molecule has 0 radical (unpaired) electrons. The van der Waals surface area contributed by atoms with Gasteiger partial charge in [0.05, 0.1) is 24.6 Å². The van der Waals surface area contributed by atoms with Crippen LogP contribution in [0.25, 0.3) is 0 Å². The van der Waals surface area contributed by atoms with Gasteiger partial charge in [-0.25, -0.2) is 9.78 Å². The maximum absolute atomic E-state index is 14.1. The first-order chi connectivity index (χ1) is 27.2. The van der Waals surface area contributed by atoms with Crippen LogP contribution in [-0.4, -0.2) is 86.5 Å². The molecule has 6 N–H and O–H groups in total. The molecule has 1 aliphatic carbocycles. The van der Waals surface area contributed by atoms with E-state index in [1.165, 1.54) is 0 Å². The number of aliphatic hydroxyl groups excluding tert-OH is 1. The van der Waals surface area contributed by atoms with E-state index < -0.39 is 72.0 Å². The Labute approximate surface area is 336 Å². The monoisotopic (exact) mass is 793 g/mol. The summed E-state index contributed by atoms with van der Waals surface area (Å²) in [5, 5.41) is 24.9. The zero-order chi connectivity index (χ0) is 41.4. The van der Waals surface area contributed by atoms with E-state index in [-0.39, 0.29) is 24.7 Å². The Balaban J connectivity index is 1.47. The average molecular weight is 794 g/mol. The van der Waals surface area contributed by atoms with E-state index in [0.717, 1.165) is 70.8 Å². The first-order valence-electron chi connectivity index (χ1n) is 20.7. The third kappa shape index (κ3) is 14.9. The number of hydrogen-bond acceptors (Lipinski definition) is 9. The molecule has 1 aliphatic heterocycles. The molecular weight excluding hydrogens is 731 g/mol. The van der Waals surface area contributed by atoms with E-state index in [2.05, 4.69) is 31.6 Å². The Morgan fingerprint density at radius 1 is 0.947 bits per heavy atom. The number of aryl methyl sites for hydroxylation is 1. The van der Waals surface area contributed by atoms with Gasteiger partial charge in [0.25, 0.3) is 5.91 Å². The quantitative estimate of drug-likeness (QED) is 0.174. The molecule has 314 valence electrons. The predicted molar refractivity (Wildman–Crippen MR) is 213 cm³/mol. The second kappa shape index (κ2) is 22.2. The zero-order valence-corrected chi connectivity index (χ0v) is 34.0. The predicted octanol–water partition coefficient (Wildman–Crippen LogP) is 3.29. The highest BCUT2D eigenvalue weighted by Gasteiger charge is 2.36. The fraction of sp³-hybridized carbons (Fsp3) is 0.643. The minimum Gasteiger partial charge on any atom is -0.458 e. The minimum absolute atomic E-state index is 0.0391. The molecule has 1 saturated carbocycles.